The number of aliphatic hydroxyl groups excluding tert-OH is 1. The van der Waals surface area contributed by atoms with E-state index in [1.807, 2.05) is 0 Å². The molecule has 0 spiro atoms. The Morgan fingerprint density at radius 3 is 1.92 bits per heavy atom. The fourth-order valence-electron chi connectivity index (χ4n) is 3.59. The second-order valence-corrected chi connectivity index (χ2v) is 7.65. The van der Waals surface area contributed by atoms with Crippen molar-refractivity contribution in [3.63, 3.8) is 0 Å². The van der Waals surface area contributed by atoms with Gasteiger partial charge in [-0.1, -0.05) is 81.4 Å². The van der Waals surface area contributed by atoms with E-state index >= 15 is 0 Å². The molecule has 0 aliphatic carbocycles. The molecule has 0 radical (unpaired) electrons. The number of aryl methyl sites for hydroxylation is 1. The van der Waals surface area contributed by atoms with Gasteiger partial charge < -0.3 is 5.11 Å². The first-order chi connectivity index (χ1) is 11.5. The lowest BCUT2D eigenvalue weighted by Gasteiger charge is -2.40. The van der Waals surface area contributed by atoms with Gasteiger partial charge in [0.1, 0.15) is 0 Å². The predicted molar refractivity (Wildman–Crippen MR) is 103 cm³/mol. The van der Waals surface area contributed by atoms with Crippen LogP contribution in [0.1, 0.15) is 44.7 Å². The van der Waals surface area contributed by atoms with Gasteiger partial charge >= 0.3 is 0 Å². The van der Waals surface area contributed by atoms with Gasteiger partial charge in [0.15, 0.2) is 0 Å². The quantitative estimate of drug-likeness (QED) is 0.643. The molecule has 2 aromatic rings. The molecule has 0 aromatic heterocycles. The van der Waals surface area contributed by atoms with Crippen LogP contribution in [0.5, 0.6) is 0 Å². The van der Waals surface area contributed by atoms with Crippen LogP contribution in [-0.2, 0) is 12.8 Å². The van der Waals surface area contributed by atoms with Crippen LogP contribution < -0.4 is 0 Å². The highest BCUT2D eigenvalue weighted by Crippen LogP contribution is 2.41. The van der Waals surface area contributed by atoms with Crippen LogP contribution in [-0.4, -0.2) is 11.7 Å². The highest BCUT2D eigenvalue weighted by atomic mass is 16.3. The van der Waals surface area contributed by atoms with Gasteiger partial charge in [0.2, 0.25) is 0 Å². The Balaban J connectivity index is 2.13. The highest BCUT2D eigenvalue weighted by Gasteiger charge is 2.34. The molecular weight excluding hydrogens is 292 g/mol. The number of benzene rings is 2. The standard InChI is InChI=1S/C23H32O/c1-19(16-17-24)23(2,3)22(18-21-12-8-5-9-13-21)15-14-20-10-6-4-7-11-20/h4-13,19,22,24H,14-18H2,1-3H3. The summed E-state index contributed by atoms with van der Waals surface area (Å²) >= 11 is 0. The molecule has 0 aliphatic rings. The van der Waals surface area contributed by atoms with Gasteiger partial charge in [0.05, 0.1) is 0 Å². The SMILES string of the molecule is CC(CCO)C(C)(C)C(CCc1ccccc1)Cc1ccccc1. The van der Waals surface area contributed by atoms with Crippen molar-refractivity contribution < 1.29 is 5.11 Å². The maximum atomic E-state index is 9.38. The average molecular weight is 325 g/mol. The van der Waals surface area contributed by atoms with E-state index in [0.717, 1.165) is 19.3 Å². The van der Waals surface area contributed by atoms with Crippen LogP contribution in [0.3, 0.4) is 0 Å². The minimum absolute atomic E-state index is 0.202. The van der Waals surface area contributed by atoms with Crippen molar-refractivity contribution in [1.82, 2.24) is 0 Å². The molecule has 2 atom stereocenters. The molecular formula is C23H32O. The van der Waals surface area contributed by atoms with Crippen molar-refractivity contribution in [2.24, 2.45) is 17.3 Å². The zero-order valence-electron chi connectivity index (χ0n) is 15.4. The predicted octanol–water partition coefficient (Wildman–Crippen LogP) is 5.52. The Hall–Kier alpha value is -1.60. The molecule has 0 amide bonds. The molecule has 1 N–H and O–H groups in total. The van der Waals surface area contributed by atoms with Gasteiger partial charge in [-0.15, -0.1) is 0 Å². The molecule has 1 nitrogen and oxygen atoms in total. The van der Waals surface area contributed by atoms with Crippen molar-refractivity contribution in [1.29, 1.82) is 0 Å². The Labute approximate surface area is 147 Å². The Morgan fingerprint density at radius 2 is 1.38 bits per heavy atom. The lowest BCUT2D eigenvalue weighted by atomic mass is 9.65. The summed E-state index contributed by atoms with van der Waals surface area (Å²) in [5.41, 5.74) is 3.04. The molecule has 2 aromatic carbocycles. The van der Waals surface area contributed by atoms with Gasteiger partial charge in [-0.3, -0.25) is 0 Å². The second kappa shape index (κ2) is 9.03. The summed E-state index contributed by atoms with van der Waals surface area (Å²) < 4.78 is 0. The molecule has 2 unspecified atom stereocenters. The van der Waals surface area contributed by atoms with E-state index in [0.29, 0.717) is 11.8 Å². The maximum absolute atomic E-state index is 9.38. The monoisotopic (exact) mass is 324 g/mol. The fraction of sp³-hybridized carbons (Fsp3) is 0.478. The number of rotatable bonds is 9. The van der Waals surface area contributed by atoms with Gasteiger partial charge in [0, 0.05) is 6.61 Å². The molecule has 1 heteroatoms. The molecule has 0 heterocycles. The minimum atomic E-state index is 0.202. The molecule has 130 valence electrons. The third kappa shape index (κ3) is 5.21. The van der Waals surface area contributed by atoms with Crippen molar-refractivity contribution in [3.8, 4) is 0 Å². The van der Waals surface area contributed by atoms with E-state index in [2.05, 4.69) is 81.4 Å². The Bertz CT molecular complexity index is 573. The topological polar surface area (TPSA) is 20.2 Å². The zero-order chi connectivity index (χ0) is 17.4. The fourth-order valence-corrected chi connectivity index (χ4v) is 3.59. The van der Waals surface area contributed by atoms with Crippen LogP contribution in [0.4, 0.5) is 0 Å². The average Bonchev–Trinajstić information content (AvgIpc) is 2.60. The normalized spacial score (nSPS) is 14.3. The van der Waals surface area contributed by atoms with Crippen LogP contribution in [0.2, 0.25) is 0 Å². The zero-order valence-corrected chi connectivity index (χ0v) is 15.4. The van der Waals surface area contributed by atoms with Crippen LogP contribution in [0.15, 0.2) is 60.7 Å². The number of hydrogen-bond donors (Lipinski definition) is 1. The van der Waals surface area contributed by atoms with E-state index in [-0.39, 0.29) is 12.0 Å². The minimum Gasteiger partial charge on any atom is -0.396 e. The summed E-state index contributed by atoms with van der Waals surface area (Å²) in [6, 6.07) is 21.6. The van der Waals surface area contributed by atoms with Gasteiger partial charge in [-0.05, 0) is 54.1 Å². The molecule has 2 rings (SSSR count). The van der Waals surface area contributed by atoms with Crippen LogP contribution in [0.25, 0.3) is 0 Å². The Kier molecular flexibility index (Phi) is 7.05. The first kappa shape index (κ1) is 18.7. The molecule has 0 aliphatic heterocycles. The van der Waals surface area contributed by atoms with Crippen LogP contribution in [0, 0.1) is 17.3 Å². The number of hydrogen-bond acceptors (Lipinski definition) is 1. The van der Waals surface area contributed by atoms with Crippen LogP contribution >= 0.6 is 0 Å². The summed E-state index contributed by atoms with van der Waals surface area (Å²) in [6.07, 6.45) is 4.29. The summed E-state index contributed by atoms with van der Waals surface area (Å²) in [5, 5.41) is 9.38. The molecule has 0 saturated heterocycles. The summed E-state index contributed by atoms with van der Waals surface area (Å²) in [5.74, 6) is 1.11. The van der Waals surface area contributed by atoms with E-state index < -0.39 is 0 Å². The van der Waals surface area contributed by atoms with E-state index in [9.17, 15) is 5.11 Å². The number of aliphatic hydroxyl groups is 1. The molecule has 0 fully saturated rings. The largest absolute Gasteiger partial charge is 0.396 e. The van der Waals surface area contributed by atoms with Crippen molar-refractivity contribution in [3.05, 3.63) is 71.8 Å². The van der Waals surface area contributed by atoms with Gasteiger partial charge in [0.25, 0.3) is 0 Å². The third-order valence-corrected chi connectivity index (χ3v) is 5.83. The van der Waals surface area contributed by atoms with E-state index in [4.69, 9.17) is 0 Å². The first-order valence-electron chi connectivity index (χ1n) is 9.22. The maximum Gasteiger partial charge on any atom is 0.0433 e. The summed E-state index contributed by atoms with van der Waals surface area (Å²) in [4.78, 5) is 0. The molecule has 24 heavy (non-hydrogen) atoms. The van der Waals surface area contributed by atoms with E-state index in [1.54, 1.807) is 0 Å². The third-order valence-electron chi connectivity index (χ3n) is 5.83. The first-order valence-corrected chi connectivity index (χ1v) is 9.22. The van der Waals surface area contributed by atoms with Gasteiger partial charge in [-0.2, -0.15) is 0 Å². The lowest BCUT2D eigenvalue weighted by Crippen LogP contribution is -2.33. The molecule has 0 saturated carbocycles. The molecule has 0 bridgehead atoms. The lowest BCUT2D eigenvalue weighted by molar-refractivity contribution is 0.0942. The van der Waals surface area contributed by atoms with Crippen molar-refractivity contribution in [2.45, 2.75) is 46.5 Å². The summed E-state index contributed by atoms with van der Waals surface area (Å²) in [6.45, 7) is 7.33. The summed E-state index contributed by atoms with van der Waals surface area (Å²) in [7, 11) is 0. The smallest absolute Gasteiger partial charge is 0.0433 e. The second-order valence-electron chi connectivity index (χ2n) is 7.65. The van der Waals surface area contributed by atoms with Gasteiger partial charge in [-0.25, -0.2) is 0 Å². The highest BCUT2D eigenvalue weighted by molar-refractivity contribution is 5.17. The van der Waals surface area contributed by atoms with E-state index in [1.165, 1.54) is 17.5 Å². The van der Waals surface area contributed by atoms with Crippen molar-refractivity contribution in [2.75, 3.05) is 6.61 Å². The van der Waals surface area contributed by atoms with Crippen molar-refractivity contribution >= 4 is 0 Å². The Morgan fingerprint density at radius 1 is 0.833 bits per heavy atom.